The van der Waals surface area contributed by atoms with Crippen molar-refractivity contribution in [2.24, 2.45) is 0 Å². The van der Waals surface area contributed by atoms with Crippen LogP contribution in [0.3, 0.4) is 0 Å². The lowest BCUT2D eigenvalue weighted by Gasteiger charge is -2.22. The summed E-state index contributed by atoms with van der Waals surface area (Å²) in [6, 6.07) is 9.45. The summed E-state index contributed by atoms with van der Waals surface area (Å²) in [6.07, 6.45) is 3.65. The topological polar surface area (TPSA) is 140 Å². The highest BCUT2D eigenvalue weighted by molar-refractivity contribution is 9.10. The number of Topliss-reactive ketones (excluding diaryl/α,β-unsaturated/α-hetero) is 1. The van der Waals surface area contributed by atoms with Crippen LogP contribution in [0.15, 0.2) is 53.4 Å². The van der Waals surface area contributed by atoms with Gasteiger partial charge in [0.25, 0.3) is 5.91 Å². The van der Waals surface area contributed by atoms with Gasteiger partial charge in [0.2, 0.25) is 11.8 Å². The van der Waals surface area contributed by atoms with Crippen LogP contribution in [0.5, 0.6) is 0 Å². The number of hydrogen-bond donors (Lipinski definition) is 1. The van der Waals surface area contributed by atoms with Gasteiger partial charge in [0.1, 0.15) is 34.5 Å². The Kier molecular flexibility index (Phi) is 6.81. The van der Waals surface area contributed by atoms with Gasteiger partial charge in [-0.25, -0.2) is 15.0 Å². The third kappa shape index (κ3) is 4.94. The fourth-order valence-electron chi connectivity index (χ4n) is 4.42. The van der Waals surface area contributed by atoms with Crippen LogP contribution >= 0.6 is 15.9 Å². The monoisotopic (exact) mass is 575 g/mol. The third-order valence-electron chi connectivity index (χ3n) is 6.23. The number of rotatable bonds is 6. The van der Waals surface area contributed by atoms with E-state index < -0.39 is 23.8 Å². The van der Waals surface area contributed by atoms with Gasteiger partial charge in [0.15, 0.2) is 5.78 Å². The van der Waals surface area contributed by atoms with Crippen molar-refractivity contribution in [3.8, 4) is 11.1 Å². The number of nitrogens with zero attached hydrogens (tertiary/aromatic N) is 6. The summed E-state index contributed by atoms with van der Waals surface area (Å²) < 4.78 is 1.93. The fourth-order valence-corrected chi connectivity index (χ4v) is 4.76. The number of fused-ring (bicyclic) bond motifs is 1. The minimum atomic E-state index is -0.974. The molecule has 0 spiro atoms. The lowest BCUT2D eigenvalue weighted by Crippen LogP contribution is -2.46. The number of hydrogen-bond acceptors (Lipinski definition) is 8. The van der Waals surface area contributed by atoms with Crippen LogP contribution < -0.4 is 5.32 Å². The highest BCUT2D eigenvalue weighted by atomic mass is 79.9. The van der Waals surface area contributed by atoms with Gasteiger partial charge in [0, 0.05) is 36.7 Å². The first kappa shape index (κ1) is 25.3. The molecule has 4 aromatic rings. The average molecular weight is 576 g/mol. The Labute approximate surface area is 225 Å². The van der Waals surface area contributed by atoms with Crippen molar-refractivity contribution >= 4 is 56.2 Å². The van der Waals surface area contributed by atoms with Gasteiger partial charge in [-0.3, -0.25) is 28.8 Å². The second-order valence-electron chi connectivity index (χ2n) is 8.86. The molecular weight excluding hydrogens is 554 g/mol. The van der Waals surface area contributed by atoms with Crippen LogP contribution in [0, 0.1) is 6.92 Å². The van der Waals surface area contributed by atoms with Gasteiger partial charge < -0.3 is 5.32 Å². The minimum Gasteiger partial charge on any atom is -0.309 e. The lowest BCUT2D eigenvalue weighted by atomic mass is 10.0. The van der Waals surface area contributed by atoms with E-state index in [4.69, 9.17) is 0 Å². The molecule has 1 atom stereocenters. The number of halogens is 1. The van der Waals surface area contributed by atoms with Crippen molar-refractivity contribution in [2.45, 2.75) is 39.3 Å². The third-order valence-corrected chi connectivity index (χ3v) is 6.67. The summed E-state index contributed by atoms with van der Waals surface area (Å²) >= 11 is 3.25. The number of nitrogens with one attached hydrogen (secondary N) is 1. The van der Waals surface area contributed by atoms with E-state index in [-0.39, 0.29) is 30.9 Å². The number of likely N-dealkylation sites (tertiary alicyclic amines) is 1. The van der Waals surface area contributed by atoms with Gasteiger partial charge in [-0.05, 0) is 59.1 Å². The van der Waals surface area contributed by atoms with Gasteiger partial charge in [-0.1, -0.05) is 12.1 Å². The number of carbonyl (C=O) groups is 4. The zero-order valence-corrected chi connectivity index (χ0v) is 22.1. The molecule has 3 amide bonds. The standard InChI is InChI=1S/C26H22BrN7O4/c1-14(35)25-18-10-16(17-11-28-15(2)29-12-17)6-7-19(18)33(32-25)13-24(37)34-20(8-9-23(34)36)26(38)31-22-5-3-4-21(27)30-22/h3-7,10-12,20H,8-9,13H2,1-2H3,(H,30,31,38)/t20-/m0/s1. The van der Waals surface area contributed by atoms with E-state index in [1.165, 1.54) is 11.6 Å². The predicted octanol–water partition coefficient (Wildman–Crippen LogP) is 3.32. The van der Waals surface area contributed by atoms with E-state index in [1.54, 1.807) is 49.6 Å². The number of anilines is 1. The molecule has 1 fully saturated rings. The SMILES string of the molecule is CC(=O)c1nn(CC(=O)N2C(=O)CC[C@H]2C(=O)Nc2cccc(Br)n2)c2ccc(-c3cnc(C)nc3)cc12. The van der Waals surface area contributed by atoms with Crippen molar-refractivity contribution in [2.75, 3.05) is 5.32 Å². The van der Waals surface area contributed by atoms with Gasteiger partial charge in [0.05, 0.1) is 5.52 Å². The molecule has 12 heteroatoms. The number of imide groups is 1. The first-order chi connectivity index (χ1) is 18.2. The smallest absolute Gasteiger partial charge is 0.251 e. The molecule has 1 aliphatic heterocycles. The number of amides is 3. The minimum absolute atomic E-state index is 0.0657. The Bertz CT molecular complexity index is 1600. The van der Waals surface area contributed by atoms with Crippen molar-refractivity contribution in [3.63, 3.8) is 0 Å². The second-order valence-corrected chi connectivity index (χ2v) is 9.67. The summed E-state index contributed by atoms with van der Waals surface area (Å²) in [4.78, 5) is 64.9. The normalized spacial score (nSPS) is 15.2. The van der Waals surface area contributed by atoms with E-state index >= 15 is 0 Å². The molecule has 1 aromatic carbocycles. The molecule has 4 heterocycles. The molecule has 0 unspecified atom stereocenters. The molecule has 0 radical (unpaired) electrons. The Balaban J connectivity index is 1.42. The van der Waals surface area contributed by atoms with Gasteiger partial charge in [-0.15, -0.1) is 0 Å². The molecule has 0 bridgehead atoms. The zero-order valence-electron chi connectivity index (χ0n) is 20.5. The maximum absolute atomic E-state index is 13.3. The van der Waals surface area contributed by atoms with Crippen molar-refractivity contribution in [1.29, 1.82) is 0 Å². The molecule has 192 valence electrons. The van der Waals surface area contributed by atoms with Gasteiger partial charge in [-0.2, -0.15) is 5.10 Å². The van der Waals surface area contributed by atoms with Crippen molar-refractivity contribution in [3.05, 3.63) is 64.9 Å². The molecule has 11 nitrogen and oxygen atoms in total. The van der Waals surface area contributed by atoms with Crippen LogP contribution in [0.1, 0.15) is 36.1 Å². The van der Waals surface area contributed by atoms with Crippen molar-refractivity contribution in [1.82, 2.24) is 29.6 Å². The molecule has 1 N–H and O–H groups in total. The van der Waals surface area contributed by atoms with Crippen LogP contribution in [0.2, 0.25) is 0 Å². The van der Waals surface area contributed by atoms with Crippen LogP contribution in [0.4, 0.5) is 5.82 Å². The van der Waals surface area contributed by atoms with Crippen LogP contribution in [-0.4, -0.2) is 59.2 Å². The van der Waals surface area contributed by atoms with E-state index in [1.807, 2.05) is 6.07 Å². The number of carbonyl (C=O) groups excluding carboxylic acids is 4. The quantitative estimate of drug-likeness (QED) is 0.272. The summed E-state index contributed by atoms with van der Waals surface area (Å²) in [6.45, 7) is 2.87. The summed E-state index contributed by atoms with van der Waals surface area (Å²) in [7, 11) is 0. The highest BCUT2D eigenvalue weighted by Gasteiger charge is 2.40. The molecule has 38 heavy (non-hydrogen) atoms. The van der Waals surface area contributed by atoms with Crippen LogP contribution in [-0.2, 0) is 20.9 Å². The maximum Gasteiger partial charge on any atom is 0.251 e. The maximum atomic E-state index is 13.3. The number of pyridine rings is 1. The van der Waals surface area contributed by atoms with Crippen molar-refractivity contribution < 1.29 is 19.2 Å². The van der Waals surface area contributed by atoms with E-state index in [2.05, 4.69) is 41.3 Å². The average Bonchev–Trinajstić information content (AvgIpc) is 3.45. The number of benzene rings is 1. The van der Waals surface area contributed by atoms with Crippen LogP contribution in [0.25, 0.3) is 22.0 Å². The lowest BCUT2D eigenvalue weighted by molar-refractivity contribution is -0.147. The Morgan fingerprint density at radius 3 is 2.58 bits per heavy atom. The first-order valence-corrected chi connectivity index (χ1v) is 12.6. The first-order valence-electron chi connectivity index (χ1n) is 11.8. The fraction of sp³-hybridized carbons (Fsp3) is 0.231. The molecule has 5 rings (SSSR count). The molecule has 1 saturated heterocycles. The summed E-state index contributed by atoms with van der Waals surface area (Å²) in [5.74, 6) is -0.867. The largest absolute Gasteiger partial charge is 0.309 e. The molecule has 3 aromatic heterocycles. The summed E-state index contributed by atoms with van der Waals surface area (Å²) in [5.41, 5.74) is 2.31. The van der Waals surface area contributed by atoms with Gasteiger partial charge >= 0.3 is 0 Å². The Hall–Kier alpha value is -4.32. The van der Waals surface area contributed by atoms with E-state index in [0.29, 0.717) is 27.1 Å². The highest BCUT2D eigenvalue weighted by Crippen LogP contribution is 2.27. The van der Waals surface area contributed by atoms with E-state index in [9.17, 15) is 19.2 Å². The second kappa shape index (κ2) is 10.2. The molecular formula is C26H22BrN7O4. The Morgan fingerprint density at radius 1 is 1.11 bits per heavy atom. The zero-order chi connectivity index (χ0) is 27.0. The molecule has 0 saturated carbocycles. The number of ketones is 1. The predicted molar refractivity (Wildman–Crippen MR) is 141 cm³/mol. The number of aromatic nitrogens is 5. The molecule has 0 aliphatic carbocycles. The van der Waals surface area contributed by atoms with E-state index in [0.717, 1.165) is 16.0 Å². The number of aryl methyl sites for hydroxylation is 1. The summed E-state index contributed by atoms with van der Waals surface area (Å²) in [5, 5.41) is 7.61. The molecule has 1 aliphatic rings. The Morgan fingerprint density at radius 2 is 1.87 bits per heavy atom.